The SMILES string of the molecule is CCCC[CH2][Mg][CH2]CCCC.CC[CH](C)[Mg][CH](C)CC. The molecule has 0 aromatic rings. The van der Waals surface area contributed by atoms with Crippen molar-refractivity contribution < 1.29 is 0 Å². The summed E-state index contributed by atoms with van der Waals surface area (Å²) in [7, 11) is 0. The second-order valence-electron chi connectivity index (χ2n) is 6.74. The molecule has 0 bridgehead atoms. The summed E-state index contributed by atoms with van der Waals surface area (Å²) in [5, 5.41) is 0. The van der Waals surface area contributed by atoms with Gasteiger partial charge in [0, 0.05) is 0 Å². The van der Waals surface area contributed by atoms with E-state index in [0.29, 0.717) is 20.4 Å². The molecule has 0 N–H and O–H groups in total. The van der Waals surface area contributed by atoms with Crippen LogP contribution in [-0.4, -0.2) is 40.7 Å². The molecule has 0 aliphatic rings. The minimum absolute atomic E-state index is 0.260. The fourth-order valence-corrected chi connectivity index (χ4v) is 6.21. The Morgan fingerprint density at radius 1 is 0.650 bits per heavy atom. The lowest BCUT2D eigenvalue weighted by atomic mass is 10.3. The fraction of sp³-hybridized carbons (Fsp3) is 1.00. The van der Waals surface area contributed by atoms with Crippen molar-refractivity contribution in [3.05, 3.63) is 0 Å². The standard InChI is InChI=1S/2C5H11.2C4H9.2Mg/c2*1-3-5-4-2;2*1-3-4-2;;/h2*1,3-5H2,2H3;2*3H,4H2,1-2H3;;. The first-order chi connectivity index (χ1) is 9.62. The van der Waals surface area contributed by atoms with E-state index >= 15 is 0 Å². The van der Waals surface area contributed by atoms with E-state index in [2.05, 4.69) is 41.5 Å². The van der Waals surface area contributed by atoms with Crippen molar-refractivity contribution in [3.8, 4) is 0 Å². The van der Waals surface area contributed by atoms with Crippen LogP contribution in [0.15, 0.2) is 0 Å². The summed E-state index contributed by atoms with van der Waals surface area (Å²) in [6, 6.07) is 0. The quantitative estimate of drug-likeness (QED) is 0.268. The monoisotopic (exact) mass is 304 g/mol. The molecule has 2 atom stereocenters. The van der Waals surface area contributed by atoms with Gasteiger partial charge in [0.15, 0.2) is 0 Å². The normalized spacial score (nSPS) is 12.7. The summed E-state index contributed by atoms with van der Waals surface area (Å²) in [4.78, 5) is 0. The highest BCUT2D eigenvalue weighted by Gasteiger charge is 2.09. The summed E-state index contributed by atoms with van der Waals surface area (Å²) >= 11 is 0.631. The number of unbranched alkanes of at least 4 members (excludes halogenated alkanes) is 4. The lowest BCUT2D eigenvalue weighted by Crippen LogP contribution is -2.03. The fourth-order valence-electron chi connectivity index (χ4n) is 2.40. The van der Waals surface area contributed by atoms with Crippen LogP contribution in [-0.2, 0) is 0 Å². The third-order valence-electron chi connectivity index (χ3n) is 4.41. The van der Waals surface area contributed by atoms with Gasteiger partial charge in [-0.25, -0.2) is 0 Å². The third-order valence-corrected chi connectivity index (χ3v) is 9.17. The first-order valence-electron chi connectivity index (χ1n) is 9.62. The van der Waals surface area contributed by atoms with E-state index in [1.54, 1.807) is 9.10 Å². The highest BCUT2D eigenvalue weighted by atomic mass is 24.5. The summed E-state index contributed by atoms with van der Waals surface area (Å²) < 4.78 is 5.36. The molecular weight excluding hydrogens is 265 g/mol. The predicted octanol–water partition coefficient (Wildman–Crippen LogP) is 7.04. The van der Waals surface area contributed by atoms with Crippen molar-refractivity contribution in [1.82, 2.24) is 0 Å². The Hall–Kier alpha value is 1.53. The molecule has 2 unspecified atom stereocenters. The van der Waals surface area contributed by atoms with Gasteiger partial charge in [0.2, 0.25) is 0 Å². The van der Waals surface area contributed by atoms with Crippen LogP contribution in [0.4, 0.5) is 0 Å². The van der Waals surface area contributed by atoms with Crippen LogP contribution in [0.3, 0.4) is 0 Å². The Balaban J connectivity index is 0. The second-order valence-corrected chi connectivity index (χ2v) is 12.1. The maximum atomic E-state index is 2.40. The molecule has 0 rings (SSSR count). The van der Waals surface area contributed by atoms with Crippen LogP contribution in [0.1, 0.15) is 92.9 Å². The van der Waals surface area contributed by atoms with Crippen molar-refractivity contribution in [3.63, 3.8) is 0 Å². The smallest absolute Gasteiger partial charge is 0.146 e. The first-order valence-corrected chi connectivity index (χ1v) is 13.2. The highest BCUT2D eigenvalue weighted by Crippen LogP contribution is 2.16. The van der Waals surface area contributed by atoms with E-state index < -0.39 is 0 Å². The van der Waals surface area contributed by atoms with E-state index in [-0.39, 0.29) is 20.4 Å². The molecule has 0 amide bonds. The number of hydrogen-bond donors (Lipinski definition) is 0. The van der Waals surface area contributed by atoms with Gasteiger partial charge in [0.05, 0.1) is 0 Å². The minimum Gasteiger partial charge on any atom is -0.146 e. The largest absolute Gasteiger partial charge is 0.372 e. The van der Waals surface area contributed by atoms with Crippen LogP contribution in [0, 0.1) is 0 Å². The molecule has 116 valence electrons. The third kappa shape index (κ3) is 21.8. The summed E-state index contributed by atoms with van der Waals surface area (Å²) in [6.45, 7) is 14.0. The van der Waals surface area contributed by atoms with Crippen molar-refractivity contribution in [1.29, 1.82) is 0 Å². The van der Waals surface area contributed by atoms with Crippen molar-refractivity contribution in [2.45, 2.75) is 110 Å². The molecule has 0 saturated carbocycles. The van der Waals surface area contributed by atoms with Crippen LogP contribution in [0.2, 0.25) is 17.2 Å². The molecule has 0 aromatic carbocycles. The molecule has 0 aromatic heterocycles. The van der Waals surface area contributed by atoms with Crippen molar-refractivity contribution in [2.24, 2.45) is 0 Å². The van der Waals surface area contributed by atoms with Crippen LogP contribution in [0.25, 0.3) is 0 Å². The van der Waals surface area contributed by atoms with Gasteiger partial charge in [-0.1, -0.05) is 92.9 Å². The highest BCUT2D eigenvalue weighted by molar-refractivity contribution is 6.39. The predicted molar refractivity (Wildman–Crippen MR) is 99.6 cm³/mol. The lowest BCUT2D eigenvalue weighted by Gasteiger charge is -2.10. The van der Waals surface area contributed by atoms with Crippen molar-refractivity contribution in [2.75, 3.05) is 0 Å². The lowest BCUT2D eigenvalue weighted by molar-refractivity contribution is 0.752. The van der Waals surface area contributed by atoms with E-state index in [4.69, 9.17) is 0 Å². The van der Waals surface area contributed by atoms with Crippen LogP contribution in [0.5, 0.6) is 0 Å². The Bertz CT molecular complexity index is 143. The average Bonchev–Trinajstić information content (AvgIpc) is 2.46. The zero-order valence-electron chi connectivity index (χ0n) is 15.6. The molecule has 0 aliphatic heterocycles. The van der Waals surface area contributed by atoms with Gasteiger partial charge in [-0.05, 0) is 0 Å². The molecule has 0 heterocycles. The van der Waals surface area contributed by atoms with E-state index in [9.17, 15) is 0 Å². The first kappa shape index (κ1) is 23.8. The van der Waals surface area contributed by atoms with Gasteiger partial charge in [-0.2, -0.15) is 0 Å². The minimum atomic E-state index is 0.260. The van der Waals surface area contributed by atoms with Crippen molar-refractivity contribution >= 4 is 40.7 Å². The topological polar surface area (TPSA) is 0 Å². The van der Waals surface area contributed by atoms with E-state index in [1.807, 2.05) is 0 Å². The maximum Gasteiger partial charge on any atom is 0.372 e. The zero-order valence-corrected chi connectivity index (χ0v) is 18.5. The molecule has 0 spiro atoms. The molecule has 0 saturated heterocycles. The molecule has 2 heteroatoms. The zero-order chi connectivity index (χ0) is 15.6. The van der Waals surface area contributed by atoms with Crippen LogP contribution < -0.4 is 0 Å². The molecule has 0 nitrogen and oxygen atoms in total. The number of rotatable bonds is 12. The van der Waals surface area contributed by atoms with Gasteiger partial charge in [0.25, 0.3) is 0 Å². The van der Waals surface area contributed by atoms with Crippen LogP contribution >= 0.6 is 0 Å². The average molecular weight is 305 g/mol. The summed E-state index contributed by atoms with van der Waals surface area (Å²) in [6.07, 6.45) is 11.6. The molecule has 0 fully saturated rings. The van der Waals surface area contributed by atoms with Gasteiger partial charge < -0.3 is 0 Å². The Morgan fingerprint density at radius 2 is 1.05 bits per heavy atom. The van der Waals surface area contributed by atoms with Gasteiger partial charge in [-0.3, -0.25) is 0 Å². The Kier molecular flexibility index (Phi) is 24.4. The summed E-state index contributed by atoms with van der Waals surface area (Å²) in [5.41, 5.74) is 0. The molecule has 0 radical (unpaired) electrons. The summed E-state index contributed by atoms with van der Waals surface area (Å²) in [5.74, 6) is 0. The molecular formula is C18H40Mg2. The number of hydrogen-bond acceptors (Lipinski definition) is 0. The van der Waals surface area contributed by atoms with E-state index in [1.165, 1.54) is 51.4 Å². The van der Waals surface area contributed by atoms with Gasteiger partial charge >= 0.3 is 40.7 Å². The van der Waals surface area contributed by atoms with Gasteiger partial charge in [0.1, 0.15) is 0 Å². The second kappa shape index (κ2) is 20.5. The molecule has 20 heavy (non-hydrogen) atoms. The van der Waals surface area contributed by atoms with Gasteiger partial charge in [-0.15, -0.1) is 17.2 Å². The maximum absolute atomic E-state index is 2.40. The Labute approximate surface area is 150 Å². The Morgan fingerprint density at radius 3 is 1.35 bits per heavy atom. The van der Waals surface area contributed by atoms with E-state index in [0.717, 1.165) is 8.09 Å². The molecule has 0 aliphatic carbocycles.